The number of anilines is 1. The van der Waals surface area contributed by atoms with Gasteiger partial charge < -0.3 is 11.1 Å². The molecule has 1 fully saturated rings. The molecule has 3 N–H and O–H groups in total. The number of likely N-dealkylation sites (tertiary alicyclic amines) is 1. The Labute approximate surface area is 131 Å². The number of rotatable bonds is 5. The summed E-state index contributed by atoms with van der Waals surface area (Å²) in [5.41, 5.74) is 7.44. The van der Waals surface area contributed by atoms with E-state index in [1.165, 1.54) is 5.56 Å². The van der Waals surface area contributed by atoms with Crippen LogP contribution in [-0.4, -0.2) is 35.8 Å². The number of amides is 2. The molecule has 0 bridgehead atoms. The smallest absolute Gasteiger partial charge is 0.241 e. The zero-order valence-electron chi connectivity index (χ0n) is 13.3. The third kappa shape index (κ3) is 4.07. The summed E-state index contributed by atoms with van der Waals surface area (Å²) >= 11 is 0. The number of carbonyl (C=O) groups is 2. The zero-order chi connectivity index (χ0) is 16.1. The summed E-state index contributed by atoms with van der Waals surface area (Å²) in [7, 11) is 0. The summed E-state index contributed by atoms with van der Waals surface area (Å²) in [6.07, 6.45) is 2.70. The van der Waals surface area contributed by atoms with Crippen LogP contribution in [0.3, 0.4) is 0 Å². The lowest BCUT2D eigenvalue weighted by atomic mass is 9.96. The maximum Gasteiger partial charge on any atom is 0.241 e. The number of carbonyl (C=O) groups excluding carboxylic acids is 2. The van der Waals surface area contributed by atoms with Gasteiger partial charge in [-0.15, -0.1) is 0 Å². The number of piperidine rings is 1. The molecule has 0 unspecified atom stereocenters. The predicted octanol–water partition coefficient (Wildman–Crippen LogP) is 1.77. The molecule has 0 aromatic heterocycles. The normalized spacial score (nSPS) is 20.4. The molecule has 2 atom stereocenters. The summed E-state index contributed by atoms with van der Waals surface area (Å²) < 4.78 is 0. The van der Waals surface area contributed by atoms with Crippen LogP contribution in [0.4, 0.5) is 5.69 Å². The van der Waals surface area contributed by atoms with E-state index < -0.39 is 0 Å². The van der Waals surface area contributed by atoms with Crippen molar-refractivity contribution in [3.05, 3.63) is 29.8 Å². The van der Waals surface area contributed by atoms with E-state index in [1.807, 2.05) is 36.1 Å². The minimum absolute atomic E-state index is 0.0469. The number of hydrogen-bond donors (Lipinski definition) is 2. The van der Waals surface area contributed by atoms with Gasteiger partial charge in [0, 0.05) is 12.2 Å². The Bertz CT molecular complexity index is 527. The summed E-state index contributed by atoms with van der Waals surface area (Å²) in [4.78, 5) is 25.7. The van der Waals surface area contributed by atoms with Crippen LogP contribution in [0.1, 0.15) is 32.3 Å². The molecule has 1 aliphatic heterocycles. The molecular weight excluding hydrogens is 278 g/mol. The summed E-state index contributed by atoms with van der Waals surface area (Å²) in [5.74, 6) is -0.463. The summed E-state index contributed by atoms with van der Waals surface area (Å²) in [6.45, 7) is 5.37. The number of nitrogens with two attached hydrogens (primary N) is 1. The fourth-order valence-corrected chi connectivity index (χ4v) is 2.83. The average Bonchev–Trinajstić information content (AvgIpc) is 2.54. The van der Waals surface area contributed by atoms with Crippen LogP contribution in [0.2, 0.25) is 0 Å². The average molecular weight is 303 g/mol. The Morgan fingerprint density at radius 3 is 2.64 bits per heavy atom. The molecule has 5 nitrogen and oxygen atoms in total. The highest BCUT2D eigenvalue weighted by atomic mass is 16.2. The lowest BCUT2D eigenvalue weighted by Crippen LogP contribution is -2.49. The van der Waals surface area contributed by atoms with Gasteiger partial charge in [0.2, 0.25) is 11.8 Å². The molecule has 1 aromatic carbocycles. The fraction of sp³-hybridized carbons (Fsp3) is 0.529. The molecule has 0 saturated carbocycles. The second-order valence-corrected chi connectivity index (χ2v) is 5.95. The quantitative estimate of drug-likeness (QED) is 0.870. The standard InChI is InChI=1S/C17H25N3O2/c1-3-13-6-8-15(9-7-13)19-17(22)12(2)20-10-4-5-14(11-20)16(18)21/h6-9,12,14H,3-5,10-11H2,1-2H3,(H2,18,21)(H,19,22)/t12-,14+/m1/s1. The molecule has 0 spiro atoms. The highest BCUT2D eigenvalue weighted by Gasteiger charge is 2.29. The first-order chi connectivity index (χ1) is 10.5. The predicted molar refractivity (Wildman–Crippen MR) is 87.4 cm³/mol. The number of aryl methyl sites for hydroxylation is 1. The van der Waals surface area contributed by atoms with Crippen molar-refractivity contribution in [2.24, 2.45) is 11.7 Å². The lowest BCUT2D eigenvalue weighted by Gasteiger charge is -2.34. The maximum atomic E-state index is 12.4. The Balaban J connectivity index is 1.94. The van der Waals surface area contributed by atoms with Gasteiger partial charge in [0.1, 0.15) is 0 Å². The first kappa shape index (κ1) is 16.5. The van der Waals surface area contributed by atoms with Crippen LogP contribution in [0.5, 0.6) is 0 Å². The number of hydrogen-bond acceptors (Lipinski definition) is 3. The van der Waals surface area contributed by atoms with E-state index in [-0.39, 0.29) is 23.8 Å². The Morgan fingerprint density at radius 1 is 1.36 bits per heavy atom. The van der Waals surface area contributed by atoms with Gasteiger partial charge in [-0.1, -0.05) is 19.1 Å². The van der Waals surface area contributed by atoms with E-state index in [4.69, 9.17) is 5.73 Å². The molecule has 0 radical (unpaired) electrons. The van der Waals surface area contributed by atoms with Crippen LogP contribution in [0, 0.1) is 5.92 Å². The zero-order valence-corrected chi connectivity index (χ0v) is 13.3. The van der Waals surface area contributed by atoms with Crippen molar-refractivity contribution in [2.75, 3.05) is 18.4 Å². The van der Waals surface area contributed by atoms with Gasteiger partial charge in [-0.25, -0.2) is 0 Å². The number of benzene rings is 1. The molecule has 0 aliphatic carbocycles. The van der Waals surface area contributed by atoms with Gasteiger partial charge in [0.15, 0.2) is 0 Å². The van der Waals surface area contributed by atoms with Gasteiger partial charge in [-0.05, 0) is 50.4 Å². The van der Waals surface area contributed by atoms with Gasteiger partial charge in [0.05, 0.1) is 12.0 Å². The second-order valence-electron chi connectivity index (χ2n) is 5.95. The van der Waals surface area contributed by atoms with Crippen LogP contribution in [0.25, 0.3) is 0 Å². The molecule has 120 valence electrons. The largest absolute Gasteiger partial charge is 0.369 e. The fourth-order valence-electron chi connectivity index (χ4n) is 2.83. The van der Waals surface area contributed by atoms with Crippen molar-refractivity contribution in [3.8, 4) is 0 Å². The van der Waals surface area contributed by atoms with E-state index >= 15 is 0 Å². The summed E-state index contributed by atoms with van der Waals surface area (Å²) in [6, 6.07) is 7.61. The monoisotopic (exact) mass is 303 g/mol. The van der Waals surface area contributed by atoms with Crippen LogP contribution in [-0.2, 0) is 16.0 Å². The lowest BCUT2D eigenvalue weighted by molar-refractivity contribution is -0.127. The van der Waals surface area contributed by atoms with Crippen molar-refractivity contribution in [2.45, 2.75) is 39.2 Å². The highest BCUT2D eigenvalue weighted by molar-refractivity contribution is 5.94. The van der Waals surface area contributed by atoms with E-state index in [0.29, 0.717) is 6.54 Å². The molecule has 2 rings (SSSR count). The highest BCUT2D eigenvalue weighted by Crippen LogP contribution is 2.19. The van der Waals surface area contributed by atoms with Crippen LogP contribution >= 0.6 is 0 Å². The SMILES string of the molecule is CCc1ccc(NC(=O)[C@@H](C)N2CCC[C@H](C(N)=O)C2)cc1. The topological polar surface area (TPSA) is 75.4 Å². The Morgan fingerprint density at radius 2 is 2.05 bits per heavy atom. The molecule has 1 aromatic rings. The summed E-state index contributed by atoms with van der Waals surface area (Å²) in [5, 5.41) is 2.94. The first-order valence-electron chi connectivity index (χ1n) is 7.94. The van der Waals surface area contributed by atoms with Crippen molar-refractivity contribution in [1.82, 2.24) is 4.90 Å². The van der Waals surface area contributed by atoms with Crippen molar-refractivity contribution in [3.63, 3.8) is 0 Å². The molecule has 1 heterocycles. The minimum Gasteiger partial charge on any atom is -0.369 e. The molecule has 1 saturated heterocycles. The van der Waals surface area contributed by atoms with Gasteiger partial charge in [-0.2, -0.15) is 0 Å². The van der Waals surface area contributed by atoms with E-state index in [1.54, 1.807) is 0 Å². The van der Waals surface area contributed by atoms with Crippen LogP contribution in [0.15, 0.2) is 24.3 Å². The van der Waals surface area contributed by atoms with E-state index in [2.05, 4.69) is 12.2 Å². The first-order valence-corrected chi connectivity index (χ1v) is 7.94. The van der Waals surface area contributed by atoms with E-state index in [9.17, 15) is 9.59 Å². The number of nitrogens with zero attached hydrogens (tertiary/aromatic N) is 1. The Kier molecular flexibility index (Phi) is 5.55. The van der Waals surface area contributed by atoms with Gasteiger partial charge >= 0.3 is 0 Å². The molecule has 5 heteroatoms. The molecule has 2 amide bonds. The molecule has 1 aliphatic rings. The minimum atomic E-state index is -0.271. The third-order valence-corrected chi connectivity index (χ3v) is 4.41. The second kappa shape index (κ2) is 7.40. The number of nitrogens with one attached hydrogen (secondary N) is 1. The number of primary amides is 1. The molecular formula is C17H25N3O2. The van der Waals surface area contributed by atoms with Gasteiger partial charge in [0.25, 0.3) is 0 Å². The van der Waals surface area contributed by atoms with Gasteiger partial charge in [-0.3, -0.25) is 14.5 Å². The van der Waals surface area contributed by atoms with Crippen molar-refractivity contribution >= 4 is 17.5 Å². The maximum absolute atomic E-state index is 12.4. The third-order valence-electron chi connectivity index (χ3n) is 4.41. The van der Waals surface area contributed by atoms with Crippen molar-refractivity contribution in [1.29, 1.82) is 0 Å². The van der Waals surface area contributed by atoms with E-state index in [0.717, 1.165) is 31.5 Å². The van der Waals surface area contributed by atoms with Crippen molar-refractivity contribution < 1.29 is 9.59 Å². The van der Waals surface area contributed by atoms with Crippen LogP contribution < -0.4 is 11.1 Å². The molecule has 22 heavy (non-hydrogen) atoms. The Hall–Kier alpha value is -1.88.